The topological polar surface area (TPSA) is 94.1 Å². The monoisotopic (exact) mass is 664 g/mol. The minimum absolute atomic E-state index is 0.00580. The Hall–Kier alpha value is -1.49. The van der Waals surface area contributed by atoms with Crippen LogP contribution in [0.3, 0.4) is 0 Å². The Labute approximate surface area is 272 Å². The van der Waals surface area contributed by atoms with E-state index in [9.17, 15) is 5.11 Å². The van der Waals surface area contributed by atoms with E-state index in [2.05, 4.69) is 65.8 Å². The van der Waals surface area contributed by atoms with E-state index in [1.54, 1.807) is 21.3 Å². The Morgan fingerprint density at radius 1 is 0.578 bits per heavy atom. The first kappa shape index (κ1) is 38.0. The van der Waals surface area contributed by atoms with Crippen LogP contribution in [-0.4, -0.2) is 100 Å². The van der Waals surface area contributed by atoms with Gasteiger partial charge >= 0.3 is 0 Å². The van der Waals surface area contributed by atoms with Crippen LogP contribution in [0.2, 0.25) is 23.2 Å². The largest absolute Gasteiger partial charge is 0.408 e. The highest BCUT2D eigenvalue weighted by molar-refractivity contribution is 6.99. The summed E-state index contributed by atoms with van der Waals surface area (Å²) in [5.41, 5.74) is 0. The van der Waals surface area contributed by atoms with Crippen LogP contribution in [0.15, 0.2) is 60.7 Å². The van der Waals surface area contributed by atoms with Gasteiger partial charge in [0.05, 0.1) is 0 Å². The molecule has 11 heteroatoms. The fourth-order valence-electron chi connectivity index (χ4n) is 6.61. The first-order valence-electron chi connectivity index (χ1n) is 16.1. The van der Waals surface area contributed by atoms with Crippen LogP contribution in [0.5, 0.6) is 0 Å². The van der Waals surface area contributed by atoms with Crippen molar-refractivity contribution < 1.29 is 42.4 Å². The number of ether oxygens (including phenoxy) is 6. The van der Waals surface area contributed by atoms with Crippen molar-refractivity contribution in [3.8, 4) is 0 Å². The van der Waals surface area contributed by atoms with E-state index < -0.39 is 53.3 Å². The quantitative estimate of drug-likeness (QED) is 0.180. The van der Waals surface area contributed by atoms with Gasteiger partial charge in [-0.1, -0.05) is 102 Å². The van der Waals surface area contributed by atoms with Gasteiger partial charge in [-0.3, -0.25) is 0 Å². The molecule has 0 bridgehead atoms. The fraction of sp³-hybridized carbons (Fsp3) is 0.647. The molecule has 1 N–H and O–H groups in total. The summed E-state index contributed by atoms with van der Waals surface area (Å²) in [7, 11) is -0.708. The summed E-state index contributed by atoms with van der Waals surface area (Å²) >= 11 is 0. The molecule has 45 heavy (non-hydrogen) atoms. The van der Waals surface area contributed by atoms with E-state index in [4.69, 9.17) is 37.3 Å². The van der Waals surface area contributed by atoms with E-state index in [1.165, 1.54) is 0 Å². The molecule has 0 aromatic heterocycles. The maximum atomic E-state index is 12.1. The third kappa shape index (κ3) is 8.52. The number of methoxy groups -OCH3 is 3. The molecule has 0 unspecified atom stereocenters. The average Bonchev–Trinajstić information content (AvgIpc) is 3.05. The lowest BCUT2D eigenvalue weighted by atomic mass is 9.84. The van der Waals surface area contributed by atoms with Crippen LogP contribution >= 0.6 is 0 Å². The molecule has 9 nitrogen and oxygen atoms in total. The zero-order valence-electron chi connectivity index (χ0n) is 28.7. The van der Waals surface area contributed by atoms with Crippen LogP contribution in [-0.2, 0) is 37.3 Å². The highest BCUT2D eigenvalue weighted by Gasteiger charge is 2.60. The third-order valence-corrected chi connectivity index (χ3v) is 18.8. The Morgan fingerprint density at radius 3 is 1.31 bits per heavy atom. The molecule has 0 saturated heterocycles. The molecule has 0 radical (unpaired) electrons. The van der Waals surface area contributed by atoms with Gasteiger partial charge in [0.15, 0.2) is 8.32 Å². The fourth-order valence-corrected chi connectivity index (χ4v) is 14.1. The smallest absolute Gasteiger partial charge is 0.261 e. The van der Waals surface area contributed by atoms with Gasteiger partial charge in [-0.25, -0.2) is 0 Å². The lowest BCUT2D eigenvalue weighted by Crippen LogP contribution is -2.74. The van der Waals surface area contributed by atoms with Gasteiger partial charge in [-0.2, -0.15) is 0 Å². The lowest BCUT2D eigenvalue weighted by Gasteiger charge is -2.54. The molecule has 3 rings (SSSR count). The molecule has 1 aliphatic rings. The SMILES string of the molecule is CC[Si](CC)(CC)O[C@H]1[C@@H](OCOC)[C@@H](O[Si](c2ccccc2)(c2ccccc2)C(C)(C)C)[C@H](OCOC)[C@@H](O)[C@@H]1OCOC. The summed E-state index contributed by atoms with van der Waals surface area (Å²) in [5, 5.41) is 14.0. The normalized spacial score (nSPS) is 24.6. The van der Waals surface area contributed by atoms with E-state index >= 15 is 0 Å². The molecule has 2 aromatic rings. The van der Waals surface area contributed by atoms with Gasteiger partial charge in [0, 0.05) is 21.3 Å². The Balaban J connectivity index is 2.32. The molecule has 0 heterocycles. The second-order valence-electron chi connectivity index (χ2n) is 12.7. The van der Waals surface area contributed by atoms with E-state index in [-0.39, 0.29) is 25.4 Å². The molecular weight excluding hydrogens is 609 g/mol. The second-order valence-corrected chi connectivity index (χ2v) is 21.7. The van der Waals surface area contributed by atoms with Gasteiger partial charge in [-0.15, -0.1) is 0 Å². The summed E-state index contributed by atoms with van der Waals surface area (Å²) in [5.74, 6) is 0. The van der Waals surface area contributed by atoms with Crippen LogP contribution < -0.4 is 10.4 Å². The first-order chi connectivity index (χ1) is 21.6. The summed E-state index contributed by atoms with van der Waals surface area (Å²) in [4.78, 5) is 0. The van der Waals surface area contributed by atoms with Crippen LogP contribution in [0.4, 0.5) is 0 Å². The van der Waals surface area contributed by atoms with Crippen molar-refractivity contribution in [2.24, 2.45) is 0 Å². The van der Waals surface area contributed by atoms with Crippen LogP contribution in [0.25, 0.3) is 0 Å². The first-order valence-corrected chi connectivity index (χ1v) is 20.5. The predicted octanol–water partition coefficient (Wildman–Crippen LogP) is 4.66. The number of aliphatic hydroxyl groups excluding tert-OH is 1. The number of benzene rings is 2. The van der Waals surface area contributed by atoms with Crippen molar-refractivity contribution in [1.82, 2.24) is 0 Å². The summed E-state index contributed by atoms with van der Waals surface area (Å²) in [6.07, 6.45) is -5.00. The molecule has 2 aromatic carbocycles. The highest BCUT2D eigenvalue weighted by Crippen LogP contribution is 2.42. The van der Waals surface area contributed by atoms with E-state index in [0.717, 1.165) is 28.5 Å². The minimum Gasteiger partial charge on any atom is -0.408 e. The maximum Gasteiger partial charge on any atom is 0.261 e. The van der Waals surface area contributed by atoms with E-state index in [1.807, 2.05) is 36.4 Å². The van der Waals surface area contributed by atoms with Crippen molar-refractivity contribution in [1.29, 1.82) is 0 Å². The lowest BCUT2D eigenvalue weighted by molar-refractivity contribution is -0.278. The predicted molar refractivity (Wildman–Crippen MR) is 181 cm³/mol. The van der Waals surface area contributed by atoms with Gasteiger partial charge in [0.1, 0.15) is 57.0 Å². The zero-order valence-corrected chi connectivity index (χ0v) is 30.7. The number of hydrogen-bond acceptors (Lipinski definition) is 9. The molecular formula is C34H56O9Si2. The van der Waals surface area contributed by atoms with Gasteiger partial charge in [-0.05, 0) is 33.5 Å². The molecule has 254 valence electrons. The average molecular weight is 665 g/mol. The molecule has 0 aliphatic heterocycles. The number of hydrogen-bond donors (Lipinski definition) is 1. The highest BCUT2D eigenvalue weighted by atomic mass is 28.4. The number of rotatable bonds is 18. The van der Waals surface area contributed by atoms with Gasteiger partial charge in [0.25, 0.3) is 8.32 Å². The standard InChI is InChI=1S/C34H56O9Si2/c1-10-44(11-2,12-3)42-32-29(39-23-36-7)28(35)30(40-24-37-8)33(31(32)41-25-38-9)43-45(34(4,5)6,26-19-15-13-16-20-26)27-21-17-14-18-22-27/h13-22,28-33,35H,10-12,23-25H2,1-9H3/t28-,29-,30+,31+,32+,33-/m0/s1. The van der Waals surface area contributed by atoms with Crippen molar-refractivity contribution in [2.75, 3.05) is 41.7 Å². The second kappa shape index (κ2) is 17.6. The van der Waals surface area contributed by atoms with Crippen molar-refractivity contribution in [2.45, 2.75) is 101 Å². The minimum atomic E-state index is -3.15. The summed E-state index contributed by atoms with van der Waals surface area (Å²) in [6.45, 7) is 13.1. The van der Waals surface area contributed by atoms with Gasteiger partial charge < -0.3 is 42.4 Å². The van der Waals surface area contributed by atoms with E-state index in [0.29, 0.717) is 0 Å². The molecule has 6 atom stereocenters. The van der Waals surface area contributed by atoms with Crippen LogP contribution in [0.1, 0.15) is 41.5 Å². The Bertz CT molecular complexity index is 1050. The van der Waals surface area contributed by atoms with Crippen molar-refractivity contribution in [3.05, 3.63) is 60.7 Å². The third-order valence-electron chi connectivity index (χ3n) is 9.15. The molecule has 0 amide bonds. The van der Waals surface area contributed by atoms with Crippen molar-refractivity contribution in [3.63, 3.8) is 0 Å². The summed E-state index contributed by atoms with van der Waals surface area (Å²) < 4.78 is 50.1. The molecule has 1 aliphatic carbocycles. The number of aliphatic hydroxyl groups is 1. The Kier molecular flexibility index (Phi) is 14.9. The van der Waals surface area contributed by atoms with Gasteiger partial charge in [0.2, 0.25) is 0 Å². The Morgan fingerprint density at radius 2 is 0.956 bits per heavy atom. The van der Waals surface area contributed by atoms with Crippen LogP contribution in [0, 0.1) is 0 Å². The van der Waals surface area contributed by atoms with Crippen molar-refractivity contribution >= 4 is 27.0 Å². The maximum absolute atomic E-state index is 12.1. The zero-order chi connectivity index (χ0) is 33.1. The summed E-state index contributed by atoms with van der Waals surface area (Å²) in [6, 6.07) is 23.5. The molecule has 1 saturated carbocycles. The molecule has 1 fully saturated rings. The molecule has 0 spiro atoms.